The van der Waals surface area contributed by atoms with E-state index in [9.17, 15) is 0 Å². The molecule has 1 aliphatic rings. The van der Waals surface area contributed by atoms with Crippen molar-refractivity contribution in [1.82, 2.24) is 0 Å². The van der Waals surface area contributed by atoms with Gasteiger partial charge in [0.2, 0.25) is 0 Å². The molecular weight excluding hydrogens is 653 g/mol. The lowest BCUT2D eigenvalue weighted by molar-refractivity contribution is -0.0674. The zero-order chi connectivity index (χ0) is 36.3. The zero-order valence-electron chi connectivity index (χ0n) is 34.8. The first kappa shape index (κ1) is 47.1. The average Bonchev–Trinajstić information content (AvgIpc) is 3.12. The monoisotopic (exact) mass is 741 g/mol. The third kappa shape index (κ3) is 18.1. The van der Waals surface area contributed by atoms with E-state index >= 15 is 0 Å². The van der Waals surface area contributed by atoms with E-state index in [1.54, 1.807) is 0 Å². The lowest BCUT2D eigenvalue weighted by Gasteiger charge is -2.46. The first-order valence-corrected chi connectivity index (χ1v) is 29.7. The van der Waals surface area contributed by atoms with Crippen LogP contribution in [0.5, 0.6) is 0 Å². The topological polar surface area (TPSA) is 36.9 Å². The molecule has 0 aromatic heterocycles. The van der Waals surface area contributed by atoms with E-state index < -0.39 is 25.0 Å². The van der Waals surface area contributed by atoms with Crippen molar-refractivity contribution in [3.63, 3.8) is 0 Å². The smallest absolute Gasteiger partial charge is 0.193 e. The molecule has 0 aromatic rings. The number of unbranched alkanes of at least 4 members (excludes halogenated alkanes) is 9. The summed E-state index contributed by atoms with van der Waals surface area (Å²) in [5.41, 5.74) is 0. The van der Waals surface area contributed by atoms with Gasteiger partial charge in [-0.2, -0.15) is 0 Å². The summed E-state index contributed by atoms with van der Waals surface area (Å²) in [4.78, 5) is 0. The summed E-state index contributed by atoms with van der Waals surface area (Å²) in [6.07, 6.45) is 26.9. The van der Waals surface area contributed by atoms with Crippen LogP contribution in [0.2, 0.25) is 54.4 Å². The van der Waals surface area contributed by atoms with Crippen molar-refractivity contribution in [3.8, 4) is 0 Å². The molecule has 3 atom stereocenters. The van der Waals surface area contributed by atoms with Crippen LogP contribution >= 0.6 is 0 Å². The summed E-state index contributed by atoms with van der Waals surface area (Å²) >= 11 is 0. The van der Waals surface area contributed by atoms with Crippen LogP contribution in [0.4, 0.5) is 0 Å². The van der Waals surface area contributed by atoms with Gasteiger partial charge in [0, 0.05) is 0 Å². The van der Waals surface area contributed by atoms with E-state index in [2.05, 4.69) is 68.4 Å². The lowest BCUT2D eigenvalue weighted by atomic mass is 10.1. The molecule has 4 nitrogen and oxygen atoms in total. The van der Waals surface area contributed by atoms with Crippen LogP contribution in [-0.2, 0) is 18.0 Å². The van der Waals surface area contributed by atoms with Crippen LogP contribution in [0.25, 0.3) is 0 Å². The highest BCUT2D eigenvalue weighted by atomic mass is 28.4. The Bertz CT molecular complexity index is 729. The number of ether oxygens (including phenoxy) is 1. The van der Waals surface area contributed by atoms with E-state index in [4.69, 9.17) is 18.0 Å². The van der Waals surface area contributed by atoms with Gasteiger partial charge in [-0.15, -0.1) is 0 Å². The number of hydrogen-bond acceptors (Lipinski definition) is 4. The Hall–Kier alpha value is 0.0706. The van der Waals surface area contributed by atoms with E-state index in [-0.39, 0.29) is 18.3 Å². The Morgan fingerprint density at radius 2 is 0.735 bits per heavy atom. The van der Waals surface area contributed by atoms with Gasteiger partial charge < -0.3 is 18.0 Å². The van der Waals surface area contributed by atoms with Crippen molar-refractivity contribution in [3.05, 3.63) is 12.3 Å². The van der Waals surface area contributed by atoms with Crippen molar-refractivity contribution >= 4 is 25.0 Å². The Morgan fingerprint density at radius 1 is 0.429 bits per heavy atom. The third-order valence-corrected chi connectivity index (χ3v) is 25.1. The van der Waals surface area contributed by atoms with Gasteiger partial charge in [0.1, 0.15) is 12.2 Å². The molecule has 7 heteroatoms. The number of rotatable bonds is 34. The van der Waals surface area contributed by atoms with Crippen LogP contribution in [0.3, 0.4) is 0 Å². The van der Waals surface area contributed by atoms with Crippen molar-refractivity contribution in [2.45, 2.75) is 251 Å². The molecule has 0 aromatic carbocycles. The van der Waals surface area contributed by atoms with Crippen molar-refractivity contribution in [1.29, 1.82) is 0 Å². The fraction of sp³-hybridized carbons (Fsp3) is 0.952. The fourth-order valence-electron chi connectivity index (χ4n) is 8.03. The summed E-state index contributed by atoms with van der Waals surface area (Å²) < 4.78 is 29.7. The SMILES string of the molecule is CCCC[Si](CCCC)(CCCC)OC[C@H]1OC=C[C@@H](O[Si](CCCC)(CCCC)CCCC)[C@@H]1O[Si](CCCC)(CCCC)CCCC. The van der Waals surface area contributed by atoms with Crippen molar-refractivity contribution in [2.75, 3.05) is 6.61 Å². The van der Waals surface area contributed by atoms with Crippen LogP contribution in [-0.4, -0.2) is 49.9 Å². The molecule has 0 spiro atoms. The molecule has 0 fully saturated rings. The van der Waals surface area contributed by atoms with Crippen LogP contribution < -0.4 is 0 Å². The van der Waals surface area contributed by atoms with Gasteiger partial charge in [-0.1, -0.05) is 178 Å². The van der Waals surface area contributed by atoms with Gasteiger partial charge >= 0.3 is 0 Å². The first-order chi connectivity index (χ1) is 23.8. The highest BCUT2D eigenvalue weighted by Gasteiger charge is 2.47. The molecule has 0 radical (unpaired) electrons. The molecule has 1 heterocycles. The van der Waals surface area contributed by atoms with E-state index in [1.807, 2.05) is 6.26 Å². The summed E-state index contributed by atoms with van der Waals surface area (Å²) in [6, 6.07) is 11.6. The highest BCUT2D eigenvalue weighted by Crippen LogP contribution is 2.38. The van der Waals surface area contributed by atoms with Gasteiger partial charge in [0.05, 0.1) is 19.0 Å². The second kappa shape index (κ2) is 28.6. The number of hydrogen-bond donors (Lipinski definition) is 0. The molecule has 49 heavy (non-hydrogen) atoms. The zero-order valence-corrected chi connectivity index (χ0v) is 37.8. The fourth-order valence-corrected chi connectivity index (χ4v) is 22.6. The molecule has 0 saturated heterocycles. The molecule has 0 saturated carbocycles. The standard InChI is InChI=1S/C42H88O4Si3/c1-10-19-30-47(31-20-11-2,32-21-12-3)44-39-41-42(46-49(36-25-16-7,37-26-17-8)38-27-18-9)40(28-29-43-41)45-48(33-22-13-4,34-23-14-5)35-24-15-6/h28-29,40-42H,10-27,30-39H2,1-9H3/t40-,41-,42+/m1/s1. The van der Waals surface area contributed by atoms with E-state index in [1.165, 1.54) is 170 Å². The molecule has 1 aliphatic heterocycles. The van der Waals surface area contributed by atoms with Crippen LogP contribution in [0.1, 0.15) is 178 Å². The highest BCUT2D eigenvalue weighted by molar-refractivity contribution is 6.74. The van der Waals surface area contributed by atoms with Crippen molar-refractivity contribution < 1.29 is 18.0 Å². The van der Waals surface area contributed by atoms with Gasteiger partial charge in [-0.05, 0) is 60.5 Å². The lowest BCUT2D eigenvalue weighted by Crippen LogP contribution is -2.57. The minimum atomic E-state index is -2.04. The third-order valence-electron chi connectivity index (χ3n) is 11.4. The Morgan fingerprint density at radius 3 is 1.06 bits per heavy atom. The molecule has 292 valence electrons. The Balaban J connectivity index is 3.70. The molecule has 0 amide bonds. The summed E-state index contributed by atoms with van der Waals surface area (Å²) in [7, 11) is -5.92. The molecule has 0 unspecified atom stereocenters. The minimum absolute atomic E-state index is 0.0191. The maximum Gasteiger partial charge on any atom is 0.193 e. The normalized spacial score (nSPS) is 18.7. The Labute approximate surface area is 311 Å². The maximum atomic E-state index is 7.87. The predicted octanol–water partition coefficient (Wildman–Crippen LogP) is 14.7. The van der Waals surface area contributed by atoms with Crippen LogP contribution in [0.15, 0.2) is 12.3 Å². The minimum Gasteiger partial charge on any atom is -0.493 e. The molecule has 0 bridgehead atoms. The van der Waals surface area contributed by atoms with Gasteiger partial charge in [-0.3, -0.25) is 0 Å². The van der Waals surface area contributed by atoms with Gasteiger partial charge in [0.15, 0.2) is 25.0 Å². The van der Waals surface area contributed by atoms with Gasteiger partial charge in [-0.25, -0.2) is 0 Å². The Kier molecular flexibility index (Phi) is 27.4. The van der Waals surface area contributed by atoms with E-state index in [0.29, 0.717) is 6.61 Å². The molecule has 0 aliphatic carbocycles. The molecule has 1 rings (SSSR count). The molecule has 0 N–H and O–H groups in total. The average molecular weight is 741 g/mol. The second-order valence-electron chi connectivity index (χ2n) is 16.0. The van der Waals surface area contributed by atoms with Crippen molar-refractivity contribution in [2.24, 2.45) is 0 Å². The largest absolute Gasteiger partial charge is 0.493 e. The summed E-state index contributed by atoms with van der Waals surface area (Å²) in [5, 5.41) is 0. The second-order valence-corrected chi connectivity index (χ2v) is 28.3. The van der Waals surface area contributed by atoms with Gasteiger partial charge in [0.25, 0.3) is 0 Å². The quantitative estimate of drug-likeness (QED) is 0.0616. The molecular formula is C42H88O4Si3. The predicted molar refractivity (Wildman–Crippen MR) is 224 cm³/mol. The maximum absolute atomic E-state index is 7.87. The summed E-state index contributed by atoms with van der Waals surface area (Å²) in [6.45, 7) is 21.8. The van der Waals surface area contributed by atoms with Crippen LogP contribution in [0, 0.1) is 0 Å². The van der Waals surface area contributed by atoms with E-state index in [0.717, 1.165) is 0 Å². The first-order valence-electron chi connectivity index (χ1n) is 22.1. The summed E-state index contributed by atoms with van der Waals surface area (Å²) in [5.74, 6) is 0.